The van der Waals surface area contributed by atoms with Gasteiger partial charge in [0.25, 0.3) is 5.91 Å². The summed E-state index contributed by atoms with van der Waals surface area (Å²) in [4.78, 5) is 41.9. The average molecular weight is 627 g/mol. The van der Waals surface area contributed by atoms with Gasteiger partial charge in [0.05, 0.1) is 34.0 Å². The van der Waals surface area contributed by atoms with Crippen LogP contribution in [0.2, 0.25) is 0 Å². The zero-order valence-corrected chi connectivity index (χ0v) is 24.7. The molecular formula is C27H26N6O8S2. The third-order valence-corrected chi connectivity index (χ3v) is 9.41. The molecule has 5 rings (SSSR count). The number of aryl methyl sites for hydroxylation is 1. The van der Waals surface area contributed by atoms with Crippen molar-refractivity contribution in [2.45, 2.75) is 18.7 Å². The van der Waals surface area contributed by atoms with Gasteiger partial charge in [-0.25, -0.2) is 18.2 Å². The van der Waals surface area contributed by atoms with Gasteiger partial charge in [0.2, 0.25) is 15.2 Å². The number of carbonyl (C=O) groups is 2. The smallest absolute Gasteiger partial charge is 0.433 e. The van der Waals surface area contributed by atoms with E-state index in [-0.39, 0.29) is 54.1 Å². The van der Waals surface area contributed by atoms with E-state index in [2.05, 4.69) is 10.1 Å². The number of hydrogen-bond donors (Lipinski definition) is 0. The van der Waals surface area contributed by atoms with Crippen LogP contribution in [0.1, 0.15) is 28.6 Å². The van der Waals surface area contributed by atoms with Gasteiger partial charge in [0.15, 0.2) is 5.76 Å². The highest BCUT2D eigenvalue weighted by Gasteiger charge is 2.31. The number of amides is 2. The molecule has 1 saturated heterocycles. The van der Waals surface area contributed by atoms with Crippen LogP contribution in [0.15, 0.2) is 69.0 Å². The van der Waals surface area contributed by atoms with E-state index in [9.17, 15) is 28.1 Å². The minimum Gasteiger partial charge on any atom is -0.450 e. The highest BCUT2D eigenvalue weighted by atomic mass is 32.2. The lowest BCUT2D eigenvalue weighted by atomic mass is 10.2. The first-order valence-electron chi connectivity index (χ1n) is 13.1. The molecule has 0 spiro atoms. The first-order chi connectivity index (χ1) is 20.6. The Bertz CT molecular complexity index is 1810. The lowest BCUT2D eigenvalue weighted by Gasteiger charge is -2.33. The van der Waals surface area contributed by atoms with Crippen LogP contribution in [0.5, 0.6) is 0 Å². The number of nitrogens with zero attached hydrogens (tertiary/aromatic N) is 6. The fourth-order valence-electron chi connectivity index (χ4n) is 4.29. The van der Waals surface area contributed by atoms with Crippen LogP contribution in [0.25, 0.3) is 10.2 Å². The molecule has 0 saturated carbocycles. The topological polar surface area (TPSA) is 169 Å². The molecule has 0 N–H and O–H groups in total. The maximum atomic E-state index is 13.7. The quantitative estimate of drug-likeness (QED) is 0.158. The number of rotatable bonds is 8. The molecule has 4 aromatic rings. The second-order valence-electron chi connectivity index (χ2n) is 9.38. The Morgan fingerprint density at radius 2 is 1.86 bits per heavy atom. The number of ether oxygens (including phenoxy) is 1. The Kier molecular flexibility index (Phi) is 8.52. The maximum absolute atomic E-state index is 13.7. The average Bonchev–Trinajstić information content (AvgIpc) is 3.65. The van der Waals surface area contributed by atoms with Crippen LogP contribution in [-0.4, -0.2) is 78.5 Å². The SMILES string of the molecule is CCOC(=O)N1CCN(S(=O)(=O)c2ccc(C(=O)N(/N=C/c3ccc([N+](=O)[O-])o3)c3nc4ccc(C)cc4s3)cc2)CC1. The predicted octanol–water partition coefficient (Wildman–Crippen LogP) is 4.25. The first-order valence-corrected chi connectivity index (χ1v) is 15.3. The number of aromatic nitrogens is 1. The van der Waals surface area contributed by atoms with Crippen LogP contribution in [0, 0.1) is 17.0 Å². The summed E-state index contributed by atoms with van der Waals surface area (Å²) >= 11 is 1.22. The number of nitro groups is 1. The Labute approximate surface area is 250 Å². The maximum Gasteiger partial charge on any atom is 0.433 e. The van der Waals surface area contributed by atoms with Crippen molar-refractivity contribution >= 4 is 60.8 Å². The monoisotopic (exact) mass is 626 g/mol. The number of furan rings is 1. The van der Waals surface area contributed by atoms with E-state index in [1.54, 1.807) is 6.92 Å². The van der Waals surface area contributed by atoms with Crippen molar-refractivity contribution in [3.05, 3.63) is 81.6 Å². The number of thiazole rings is 1. The standard InChI is InChI=1S/C27H26N6O8S2/c1-3-40-27(35)30-12-14-31(15-13-30)43(38,39)21-8-5-19(6-9-21)25(34)32(28-17-20-7-11-24(41-20)33(36)37)26-29-22-10-4-18(2)16-23(22)42-26/h4-11,16-17H,3,12-15H2,1-2H3/b28-17+. The molecular weight excluding hydrogens is 600 g/mol. The van der Waals surface area contributed by atoms with Gasteiger partial charge < -0.3 is 14.1 Å². The van der Waals surface area contributed by atoms with Crippen LogP contribution in [0.4, 0.5) is 15.8 Å². The Hall–Kier alpha value is -4.67. The van der Waals surface area contributed by atoms with Gasteiger partial charge in [-0.15, -0.1) is 0 Å². The lowest BCUT2D eigenvalue weighted by molar-refractivity contribution is -0.402. The van der Waals surface area contributed by atoms with Crippen LogP contribution in [-0.2, 0) is 14.8 Å². The van der Waals surface area contributed by atoms with Crippen molar-refractivity contribution in [2.24, 2.45) is 5.10 Å². The summed E-state index contributed by atoms with van der Waals surface area (Å²) in [5.41, 5.74) is 1.78. The predicted molar refractivity (Wildman–Crippen MR) is 158 cm³/mol. The number of hydrogen-bond acceptors (Lipinski definition) is 11. The van der Waals surface area contributed by atoms with Gasteiger partial charge in [-0.05, 0) is 61.9 Å². The summed E-state index contributed by atoms with van der Waals surface area (Å²) in [7, 11) is -3.89. The van der Waals surface area contributed by atoms with Crippen molar-refractivity contribution in [3.63, 3.8) is 0 Å². The second kappa shape index (κ2) is 12.3. The summed E-state index contributed by atoms with van der Waals surface area (Å²) in [5, 5.41) is 16.5. The van der Waals surface area contributed by atoms with Gasteiger partial charge in [-0.3, -0.25) is 14.9 Å². The fourth-order valence-corrected chi connectivity index (χ4v) is 6.73. The minimum absolute atomic E-state index is 0.0120. The molecule has 0 bridgehead atoms. The molecule has 43 heavy (non-hydrogen) atoms. The first kappa shape index (κ1) is 29.8. The van der Waals surface area contributed by atoms with E-state index >= 15 is 0 Å². The normalized spacial score (nSPS) is 14.3. The third kappa shape index (κ3) is 6.40. The summed E-state index contributed by atoms with van der Waals surface area (Å²) < 4.78 is 38.8. The molecule has 14 nitrogen and oxygen atoms in total. The molecule has 1 aliphatic heterocycles. The summed E-state index contributed by atoms with van der Waals surface area (Å²) in [6.45, 7) is 4.46. The third-order valence-electron chi connectivity index (χ3n) is 6.50. The molecule has 16 heteroatoms. The molecule has 0 atom stereocenters. The largest absolute Gasteiger partial charge is 0.450 e. The van der Waals surface area contributed by atoms with E-state index in [1.807, 2.05) is 25.1 Å². The second-order valence-corrected chi connectivity index (χ2v) is 12.3. The highest BCUT2D eigenvalue weighted by molar-refractivity contribution is 7.89. The molecule has 224 valence electrons. The van der Waals surface area contributed by atoms with Gasteiger partial charge in [0, 0.05) is 31.7 Å². The number of sulfonamides is 1. The summed E-state index contributed by atoms with van der Waals surface area (Å²) in [6.07, 6.45) is 0.680. The molecule has 2 aromatic heterocycles. The molecule has 2 amide bonds. The van der Waals surface area contributed by atoms with Crippen LogP contribution in [0.3, 0.4) is 0 Å². The van der Waals surface area contributed by atoms with Crippen LogP contribution >= 0.6 is 11.3 Å². The van der Waals surface area contributed by atoms with Gasteiger partial charge >= 0.3 is 12.0 Å². The minimum atomic E-state index is -3.89. The number of hydrazone groups is 1. The number of anilines is 1. The van der Waals surface area contributed by atoms with Gasteiger partial charge in [0.1, 0.15) is 4.92 Å². The Balaban J connectivity index is 1.39. The van der Waals surface area contributed by atoms with Gasteiger partial charge in [-0.2, -0.15) is 14.4 Å². The van der Waals surface area contributed by atoms with E-state index in [4.69, 9.17) is 9.15 Å². The number of carbonyl (C=O) groups excluding carboxylic acids is 2. The molecule has 0 aliphatic carbocycles. The Morgan fingerprint density at radius 1 is 1.14 bits per heavy atom. The van der Waals surface area contributed by atoms with E-state index < -0.39 is 32.8 Å². The zero-order chi connectivity index (χ0) is 30.7. The zero-order valence-electron chi connectivity index (χ0n) is 23.1. The number of piperazine rings is 1. The van der Waals surface area contributed by atoms with Crippen molar-refractivity contribution in [3.8, 4) is 0 Å². The summed E-state index contributed by atoms with van der Waals surface area (Å²) in [6, 6.07) is 13.6. The van der Waals surface area contributed by atoms with Crippen LogP contribution < -0.4 is 5.01 Å². The van der Waals surface area contributed by atoms with E-state index in [0.29, 0.717) is 5.52 Å². The summed E-state index contributed by atoms with van der Waals surface area (Å²) in [5.74, 6) is -1.04. The van der Waals surface area contributed by atoms with Crippen molar-refractivity contribution in [2.75, 3.05) is 37.8 Å². The Morgan fingerprint density at radius 3 is 2.51 bits per heavy atom. The number of fused-ring (bicyclic) bond motifs is 1. The van der Waals surface area contributed by atoms with Crippen molar-refractivity contribution < 1.29 is 32.1 Å². The van der Waals surface area contributed by atoms with Gasteiger partial charge in [-0.1, -0.05) is 17.4 Å². The van der Waals surface area contributed by atoms with E-state index in [1.165, 1.54) is 56.9 Å². The van der Waals surface area contributed by atoms with E-state index in [0.717, 1.165) is 21.5 Å². The molecule has 2 aromatic carbocycles. The van der Waals surface area contributed by atoms with Crippen molar-refractivity contribution in [1.29, 1.82) is 0 Å². The molecule has 0 unspecified atom stereocenters. The lowest BCUT2D eigenvalue weighted by Crippen LogP contribution is -2.50. The number of benzene rings is 2. The molecule has 1 aliphatic rings. The molecule has 3 heterocycles. The van der Waals surface area contributed by atoms with Crippen molar-refractivity contribution in [1.82, 2.24) is 14.2 Å². The fraction of sp³-hybridized carbons (Fsp3) is 0.259. The molecule has 1 fully saturated rings. The highest BCUT2D eigenvalue weighted by Crippen LogP contribution is 2.31. The molecule has 0 radical (unpaired) electrons.